The molecule has 0 saturated carbocycles. The molecule has 1 saturated heterocycles. The monoisotopic (exact) mass is 262 g/mol. The van der Waals surface area contributed by atoms with Crippen molar-refractivity contribution >= 4 is 11.7 Å². The van der Waals surface area contributed by atoms with E-state index in [9.17, 15) is 4.79 Å². The van der Waals surface area contributed by atoms with Crippen LogP contribution < -0.4 is 10.2 Å². The molecule has 19 heavy (non-hydrogen) atoms. The second-order valence-electron chi connectivity index (χ2n) is 4.95. The maximum atomic E-state index is 11.3. The molecule has 1 aromatic rings. The molecule has 0 bridgehead atoms. The summed E-state index contributed by atoms with van der Waals surface area (Å²) in [6.45, 7) is 7.02. The van der Waals surface area contributed by atoms with Gasteiger partial charge < -0.3 is 15.1 Å². The summed E-state index contributed by atoms with van der Waals surface area (Å²) in [5, 5.41) is 3.20. The summed E-state index contributed by atoms with van der Waals surface area (Å²) < 4.78 is 0. The third-order valence-corrected chi connectivity index (χ3v) is 3.75. The molecule has 2 heterocycles. The lowest BCUT2D eigenvalue weighted by molar-refractivity contribution is -0.129. The van der Waals surface area contributed by atoms with Crippen LogP contribution in [0.15, 0.2) is 18.3 Å². The van der Waals surface area contributed by atoms with Crippen LogP contribution >= 0.6 is 0 Å². The number of pyridine rings is 1. The first-order chi connectivity index (χ1) is 9.11. The van der Waals surface area contributed by atoms with Crippen molar-refractivity contribution < 1.29 is 4.79 Å². The summed E-state index contributed by atoms with van der Waals surface area (Å²) >= 11 is 0. The molecule has 5 nitrogen and oxygen atoms in total. The molecule has 1 atom stereocenters. The summed E-state index contributed by atoms with van der Waals surface area (Å²) in [6, 6.07) is 4.49. The molecule has 0 aliphatic carbocycles. The van der Waals surface area contributed by atoms with Crippen LogP contribution in [0.4, 0.5) is 5.82 Å². The number of hydrogen-bond acceptors (Lipinski definition) is 4. The Bertz CT molecular complexity index is 424. The van der Waals surface area contributed by atoms with Gasteiger partial charge in [-0.15, -0.1) is 0 Å². The predicted molar refractivity (Wildman–Crippen MR) is 76.2 cm³/mol. The van der Waals surface area contributed by atoms with Crippen molar-refractivity contribution in [3.8, 4) is 0 Å². The van der Waals surface area contributed by atoms with E-state index < -0.39 is 0 Å². The first-order valence-corrected chi connectivity index (χ1v) is 6.75. The van der Waals surface area contributed by atoms with Crippen LogP contribution in [0.25, 0.3) is 0 Å². The van der Waals surface area contributed by atoms with Gasteiger partial charge in [-0.2, -0.15) is 0 Å². The number of anilines is 1. The zero-order valence-electron chi connectivity index (χ0n) is 11.9. The average molecular weight is 262 g/mol. The minimum Gasteiger partial charge on any atom is -0.353 e. The maximum absolute atomic E-state index is 11.3. The molecule has 0 spiro atoms. The Labute approximate surface area is 114 Å². The maximum Gasteiger partial charge on any atom is 0.219 e. The van der Waals surface area contributed by atoms with Gasteiger partial charge in [-0.25, -0.2) is 4.98 Å². The van der Waals surface area contributed by atoms with Crippen LogP contribution in [0.1, 0.15) is 25.5 Å². The van der Waals surface area contributed by atoms with E-state index in [4.69, 9.17) is 0 Å². The Morgan fingerprint density at radius 1 is 1.32 bits per heavy atom. The number of rotatable bonds is 3. The van der Waals surface area contributed by atoms with Crippen LogP contribution in [0.5, 0.6) is 0 Å². The van der Waals surface area contributed by atoms with Crippen LogP contribution in [-0.4, -0.2) is 49.0 Å². The minimum atomic E-state index is 0.158. The van der Waals surface area contributed by atoms with E-state index in [1.807, 2.05) is 18.1 Å². The number of nitrogens with one attached hydrogen (secondary N) is 1. The van der Waals surface area contributed by atoms with Gasteiger partial charge in [0.2, 0.25) is 5.91 Å². The number of piperazine rings is 1. The largest absolute Gasteiger partial charge is 0.353 e. The van der Waals surface area contributed by atoms with Gasteiger partial charge in [-0.1, -0.05) is 6.07 Å². The third-order valence-electron chi connectivity index (χ3n) is 3.75. The average Bonchev–Trinajstić information content (AvgIpc) is 2.46. The molecule has 1 amide bonds. The Morgan fingerprint density at radius 3 is 2.47 bits per heavy atom. The molecule has 1 N–H and O–H groups in total. The minimum absolute atomic E-state index is 0.158. The van der Waals surface area contributed by atoms with E-state index in [2.05, 4.69) is 34.3 Å². The molecule has 0 radical (unpaired) electrons. The van der Waals surface area contributed by atoms with Crippen LogP contribution in [0.2, 0.25) is 0 Å². The molecule has 1 unspecified atom stereocenters. The van der Waals surface area contributed by atoms with Crippen molar-refractivity contribution in [1.29, 1.82) is 0 Å². The molecule has 104 valence electrons. The smallest absolute Gasteiger partial charge is 0.219 e. The van der Waals surface area contributed by atoms with Crippen LogP contribution in [0.3, 0.4) is 0 Å². The lowest BCUT2D eigenvalue weighted by atomic mass is 10.1. The Morgan fingerprint density at radius 2 is 2.00 bits per heavy atom. The van der Waals surface area contributed by atoms with E-state index in [-0.39, 0.29) is 5.91 Å². The summed E-state index contributed by atoms with van der Waals surface area (Å²) in [6.07, 6.45) is 1.92. The van der Waals surface area contributed by atoms with Crippen molar-refractivity contribution in [2.24, 2.45) is 0 Å². The molecule has 1 fully saturated rings. The van der Waals surface area contributed by atoms with Gasteiger partial charge in [0, 0.05) is 45.3 Å². The van der Waals surface area contributed by atoms with E-state index in [1.54, 1.807) is 6.92 Å². The molecule has 1 aliphatic heterocycles. The normalized spacial score (nSPS) is 17.4. The number of aromatic nitrogens is 1. The SMILES string of the molecule is CNC(C)c1ccc(N2CCN(C(C)=O)CC2)nc1. The zero-order chi connectivity index (χ0) is 13.8. The predicted octanol–water partition coefficient (Wildman–Crippen LogP) is 1.03. The van der Waals surface area contributed by atoms with Crippen molar-refractivity contribution in [3.63, 3.8) is 0 Å². The lowest BCUT2D eigenvalue weighted by Crippen LogP contribution is -2.48. The van der Waals surface area contributed by atoms with Crippen LogP contribution in [-0.2, 0) is 4.79 Å². The highest BCUT2D eigenvalue weighted by Gasteiger charge is 2.19. The van der Waals surface area contributed by atoms with E-state index in [0.717, 1.165) is 32.0 Å². The van der Waals surface area contributed by atoms with Crippen molar-refractivity contribution in [1.82, 2.24) is 15.2 Å². The molecule has 1 aromatic heterocycles. The molecule has 5 heteroatoms. The van der Waals surface area contributed by atoms with E-state index in [0.29, 0.717) is 6.04 Å². The number of carbonyl (C=O) groups excluding carboxylic acids is 1. The second-order valence-corrected chi connectivity index (χ2v) is 4.95. The summed E-state index contributed by atoms with van der Waals surface area (Å²) in [5.74, 6) is 1.15. The number of amides is 1. The summed E-state index contributed by atoms with van der Waals surface area (Å²) in [7, 11) is 1.94. The van der Waals surface area contributed by atoms with Gasteiger partial charge in [0.1, 0.15) is 5.82 Å². The zero-order valence-corrected chi connectivity index (χ0v) is 11.9. The third kappa shape index (κ3) is 3.23. The van der Waals surface area contributed by atoms with Gasteiger partial charge in [0.25, 0.3) is 0 Å². The highest BCUT2D eigenvalue weighted by molar-refractivity contribution is 5.73. The fourth-order valence-electron chi connectivity index (χ4n) is 2.26. The van der Waals surface area contributed by atoms with Gasteiger partial charge in [-0.3, -0.25) is 4.79 Å². The molecule has 2 rings (SSSR count). The fraction of sp³-hybridized carbons (Fsp3) is 0.571. The van der Waals surface area contributed by atoms with Gasteiger partial charge >= 0.3 is 0 Å². The van der Waals surface area contributed by atoms with Crippen molar-refractivity contribution in [3.05, 3.63) is 23.9 Å². The first kappa shape index (κ1) is 13.8. The quantitative estimate of drug-likeness (QED) is 0.884. The van der Waals surface area contributed by atoms with Crippen molar-refractivity contribution in [2.75, 3.05) is 38.1 Å². The van der Waals surface area contributed by atoms with E-state index in [1.165, 1.54) is 5.56 Å². The number of hydrogen-bond donors (Lipinski definition) is 1. The highest BCUT2D eigenvalue weighted by atomic mass is 16.2. The van der Waals surface area contributed by atoms with Gasteiger partial charge in [0.15, 0.2) is 0 Å². The Kier molecular flexibility index (Phi) is 4.37. The molecular formula is C14H22N4O. The molecule has 1 aliphatic rings. The van der Waals surface area contributed by atoms with Gasteiger partial charge in [-0.05, 0) is 25.6 Å². The Hall–Kier alpha value is -1.62. The number of nitrogens with zero attached hydrogens (tertiary/aromatic N) is 3. The highest BCUT2D eigenvalue weighted by Crippen LogP contribution is 2.17. The Balaban J connectivity index is 1.98. The van der Waals surface area contributed by atoms with E-state index >= 15 is 0 Å². The molecule has 0 aromatic carbocycles. The lowest BCUT2D eigenvalue weighted by Gasteiger charge is -2.35. The number of carbonyl (C=O) groups is 1. The summed E-state index contributed by atoms with van der Waals surface area (Å²) in [5.41, 5.74) is 1.19. The summed E-state index contributed by atoms with van der Waals surface area (Å²) in [4.78, 5) is 19.9. The fourth-order valence-corrected chi connectivity index (χ4v) is 2.26. The van der Waals surface area contributed by atoms with Crippen LogP contribution in [0, 0.1) is 0 Å². The topological polar surface area (TPSA) is 48.5 Å². The standard InChI is InChI=1S/C14H22N4O/c1-11(15-3)13-4-5-14(16-10-13)18-8-6-17(7-9-18)12(2)19/h4-5,10-11,15H,6-9H2,1-3H3. The second kappa shape index (κ2) is 6.02. The molecular weight excluding hydrogens is 240 g/mol. The first-order valence-electron chi connectivity index (χ1n) is 6.75. The van der Waals surface area contributed by atoms with Gasteiger partial charge in [0.05, 0.1) is 0 Å². The van der Waals surface area contributed by atoms with Crippen molar-refractivity contribution in [2.45, 2.75) is 19.9 Å².